The van der Waals surface area contributed by atoms with Crippen LogP contribution in [0.25, 0.3) is 11.1 Å². The summed E-state index contributed by atoms with van der Waals surface area (Å²) in [5.74, 6) is 0.00376. The van der Waals surface area contributed by atoms with Crippen molar-refractivity contribution in [2.24, 2.45) is 11.7 Å². The van der Waals surface area contributed by atoms with Gasteiger partial charge in [0.1, 0.15) is 0 Å². The quantitative estimate of drug-likeness (QED) is 0.833. The summed E-state index contributed by atoms with van der Waals surface area (Å²) in [6.45, 7) is 3.63. The third kappa shape index (κ3) is 2.50. The number of fused-ring (bicyclic) bond motifs is 1. The van der Waals surface area contributed by atoms with E-state index in [0.717, 1.165) is 17.7 Å². The third-order valence-electron chi connectivity index (χ3n) is 2.83. The predicted molar refractivity (Wildman–Crippen MR) is 68.3 cm³/mol. The normalized spacial score (nSPS) is 12.9. The molecule has 1 aromatic carbocycles. The van der Waals surface area contributed by atoms with Gasteiger partial charge in [0.2, 0.25) is 0 Å². The zero-order valence-electron chi connectivity index (χ0n) is 10.1. The van der Waals surface area contributed by atoms with E-state index in [9.17, 15) is 4.79 Å². The van der Waals surface area contributed by atoms with Crippen molar-refractivity contribution in [3.8, 4) is 0 Å². The fraction of sp³-hybridized carbons (Fsp3) is 0.417. The molecule has 0 bridgehead atoms. The summed E-state index contributed by atoms with van der Waals surface area (Å²) < 4.78 is 5.03. The first-order valence-corrected chi connectivity index (χ1v) is 5.64. The standard InChI is InChI=1S/C12H17N3O2/c1-8(6-13)7-15(2)9-3-4-10-11(5-9)17-12(16)14-10/h3-5,8H,6-7,13H2,1-2H3,(H,14,16). The maximum absolute atomic E-state index is 11.0. The van der Waals surface area contributed by atoms with E-state index in [0.29, 0.717) is 18.0 Å². The Morgan fingerprint density at radius 3 is 3.00 bits per heavy atom. The predicted octanol–water partition coefficient (Wildman–Crippen LogP) is 1.15. The molecule has 0 fully saturated rings. The molecule has 0 spiro atoms. The number of anilines is 1. The second-order valence-corrected chi connectivity index (χ2v) is 4.42. The Balaban J connectivity index is 2.26. The topological polar surface area (TPSA) is 75.3 Å². The van der Waals surface area contributed by atoms with Crippen LogP contribution in [0.3, 0.4) is 0 Å². The number of rotatable bonds is 4. The van der Waals surface area contributed by atoms with Crippen LogP contribution in [0.5, 0.6) is 0 Å². The molecule has 17 heavy (non-hydrogen) atoms. The molecule has 1 atom stereocenters. The molecule has 0 aliphatic rings. The van der Waals surface area contributed by atoms with E-state index in [4.69, 9.17) is 10.2 Å². The zero-order valence-corrected chi connectivity index (χ0v) is 10.1. The second kappa shape index (κ2) is 4.63. The van der Waals surface area contributed by atoms with E-state index < -0.39 is 5.76 Å². The van der Waals surface area contributed by atoms with Crippen molar-refractivity contribution in [1.29, 1.82) is 0 Å². The van der Waals surface area contributed by atoms with Gasteiger partial charge in [0.05, 0.1) is 5.52 Å². The number of H-pyrrole nitrogens is 1. The second-order valence-electron chi connectivity index (χ2n) is 4.42. The van der Waals surface area contributed by atoms with E-state index in [1.165, 1.54) is 0 Å². The van der Waals surface area contributed by atoms with Crippen LogP contribution in [0, 0.1) is 5.92 Å². The Morgan fingerprint density at radius 1 is 1.53 bits per heavy atom. The lowest BCUT2D eigenvalue weighted by Gasteiger charge is -2.22. The summed E-state index contributed by atoms with van der Waals surface area (Å²) in [7, 11) is 2.00. The summed E-state index contributed by atoms with van der Waals surface area (Å²) in [4.78, 5) is 15.8. The van der Waals surface area contributed by atoms with Gasteiger partial charge >= 0.3 is 5.76 Å². The number of nitrogens with zero attached hydrogens (tertiary/aromatic N) is 1. The van der Waals surface area contributed by atoms with Crippen LogP contribution in [0.4, 0.5) is 5.69 Å². The van der Waals surface area contributed by atoms with Crippen LogP contribution in [0.1, 0.15) is 6.92 Å². The van der Waals surface area contributed by atoms with Crippen molar-refractivity contribution in [1.82, 2.24) is 4.98 Å². The fourth-order valence-electron chi connectivity index (χ4n) is 1.82. The number of benzene rings is 1. The SMILES string of the molecule is CC(CN)CN(C)c1ccc2[nH]c(=O)oc2c1. The highest BCUT2D eigenvalue weighted by Gasteiger charge is 2.08. The highest BCUT2D eigenvalue weighted by Crippen LogP contribution is 2.19. The number of hydrogen-bond acceptors (Lipinski definition) is 4. The largest absolute Gasteiger partial charge is 0.417 e. The lowest BCUT2D eigenvalue weighted by Crippen LogP contribution is -2.28. The molecular weight excluding hydrogens is 218 g/mol. The summed E-state index contributed by atoms with van der Waals surface area (Å²) in [5, 5.41) is 0. The lowest BCUT2D eigenvalue weighted by molar-refractivity contribution is 0.555. The summed E-state index contributed by atoms with van der Waals surface area (Å²) in [6, 6.07) is 5.66. The Morgan fingerprint density at radius 2 is 2.29 bits per heavy atom. The van der Waals surface area contributed by atoms with Crippen LogP contribution in [0.2, 0.25) is 0 Å². The molecule has 2 rings (SSSR count). The number of nitrogens with two attached hydrogens (primary N) is 1. The smallest absolute Gasteiger partial charge is 0.408 e. The molecule has 0 saturated heterocycles. The maximum Gasteiger partial charge on any atom is 0.417 e. The van der Waals surface area contributed by atoms with E-state index in [-0.39, 0.29) is 0 Å². The average molecular weight is 235 g/mol. The van der Waals surface area contributed by atoms with Gasteiger partial charge in [-0.1, -0.05) is 6.92 Å². The van der Waals surface area contributed by atoms with E-state index in [1.807, 2.05) is 25.2 Å². The van der Waals surface area contributed by atoms with Gasteiger partial charge in [-0.3, -0.25) is 4.98 Å². The Kier molecular flexibility index (Phi) is 3.19. The van der Waals surface area contributed by atoms with Crippen LogP contribution in [0.15, 0.2) is 27.4 Å². The molecule has 0 aliphatic carbocycles. The highest BCUT2D eigenvalue weighted by molar-refractivity contribution is 5.76. The molecule has 0 amide bonds. The summed E-state index contributed by atoms with van der Waals surface area (Å²) >= 11 is 0. The molecule has 92 valence electrons. The molecular formula is C12H17N3O2. The van der Waals surface area contributed by atoms with Gasteiger partial charge in [0, 0.05) is 25.3 Å². The molecule has 1 unspecified atom stereocenters. The number of aromatic nitrogens is 1. The van der Waals surface area contributed by atoms with Gasteiger partial charge in [-0.25, -0.2) is 4.79 Å². The molecule has 0 aliphatic heterocycles. The van der Waals surface area contributed by atoms with Crippen LogP contribution >= 0.6 is 0 Å². The van der Waals surface area contributed by atoms with Gasteiger partial charge in [0.15, 0.2) is 5.58 Å². The Bertz CT molecular complexity index is 558. The minimum absolute atomic E-state index is 0.421. The average Bonchev–Trinajstić information content (AvgIpc) is 2.67. The molecule has 2 aromatic rings. The molecule has 0 radical (unpaired) electrons. The van der Waals surface area contributed by atoms with Crippen molar-refractivity contribution < 1.29 is 4.42 Å². The zero-order chi connectivity index (χ0) is 12.4. The van der Waals surface area contributed by atoms with Gasteiger partial charge in [-0.2, -0.15) is 0 Å². The number of oxazole rings is 1. The Labute approximate surface area is 99.2 Å². The van der Waals surface area contributed by atoms with Crippen molar-refractivity contribution in [3.05, 3.63) is 28.7 Å². The van der Waals surface area contributed by atoms with Crippen molar-refractivity contribution in [2.45, 2.75) is 6.92 Å². The molecule has 1 heterocycles. The summed E-state index contributed by atoms with van der Waals surface area (Å²) in [6.07, 6.45) is 0. The number of nitrogens with one attached hydrogen (secondary N) is 1. The van der Waals surface area contributed by atoms with Crippen LogP contribution in [-0.4, -0.2) is 25.1 Å². The fourth-order valence-corrected chi connectivity index (χ4v) is 1.82. The minimum atomic E-state index is -0.421. The van der Waals surface area contributed by atoms with Gasteiger partial charge < -0.3 is 15.1 Å². The summed E-state index contributed by atoms with van der Waals surface area (Å²) in [5.41, 5.74) is 7.92. The lowest BCUT2D eigenvalue weighted by atomic mass is 10.1. The van der Waals surface area contributed by atoms with Gasteiger partial charge in [-0.05, 0) is 24.6 Å². The van der Waals surface area contributed by atoms with Gasteiger partial charge in [-0.15, -0.1) is 0 Å². The van der Waals surface area contributed by atoms with Crippen LogP contribution < -0.4 is 16.4 Å². The maximum atomic E-state index is 11.0. The van der Waals surface area contributed by atoms with E-state index in [2.05, 4.69) is 16.8 Å². The van der Waals surface area contributed by atoms with Crippen molar-refractivity contribution >= 4 is 16.8 Å². The van der Waals surface area contributed by atoms with Gasteiger partial charge in [0.25, 0.3) is 0 Å². The molecule has 1 aromatic heterocycles. The Hall–Kier alpha value is -1.75. The molecule has 0 saturated carbocycles. The molecule has 3 N–H and O–H groups in total. The van der Waals surface area contributed by atoms with Crippen molar-refractivity contribution in [3.63, 3.8) is 0 Å². The monoisotopic (exact) mass is 235 g/mol. The van der Waals surface area contributed by atoms with Crippen molar-refractivity contribution in [2.75, 3.05) is 25.0 Å². The third-order valence-corrected chi connectivity index (χ3v) is 2.83. The number of aromatic amines is 1. The first kappa shape index (κ1) is 11.7. The highest BCUT2D eigenvalue weighted by atomic mass is 16.4. The van der Waals surface area contributed by atoms with E-state index in [1.54, 1.807) is 0 Å². The first-order chi connectivity index (χ1) is 8.10. The molecule has 5 heteroatoms. The molecule has 5 nitrogen and oxygen atoms in total. The van der Waals surface area contributed by atoms with Crippen LogP contribution in [-0.2, 0) is 0 Å². The first-order valence-electron chi connectivity index (χ1n) is 5.64. The minimum Gasteiger partial charge on any atom is -0.408 e. The number of hydrogen-bond donors (Lipinski definition) is 2. The van der Waals surface area contributed by atoms with E-state index >= 15 is 0 Å².